The number of alkyl halides is 1. The molecule has 3 heterocycles. The van der Waals surface area contributed by atoms with Gasteiger partial charge in [-0.2, -0.15) is 9.61 Å². The molecule has 3 aromatic rings. The Balaban J connectivity index is 1.45. The molecule has 4 N–H and O–H groups in total. The van der Waals surface area contributed by atoms with Crippen molar-refractivity contribution in [2.24, 2.45) is 5.41 Å². The van der Waals surface area contributed by atoms with E-state index in [-0.39, 0.29) is 34.7 Å². The van der Waals surface area contributed by atoms with Crippen molar-refractivity contribution in [1.29, 1.82) is 0 Å². The van der Waals surface area contributed by atoms with Crippen molar-refractivity contribution in [3.8, 4) is 0 Å². The molecule has 0 aromatic carbocycles. The number of carbonyl (C=O) groups excluding carboxylic acids is 1. The lowest BCUT2D eigenvalue weighted by Gasteiger charge is -2.13. The molecule has 32 heavy (non-hydrogen) atoms. The van der Waals surface area contributed by atoms with Crippen LogP contribution < -0.4 is 21.5 Å². The summed E-state index contributed by atoms with van der Waals surface area (Å²) in [5, 5.41) is 22.6. The van der Waals surface area contributed by atoms with E-state index < -0.39 is 12.2 Å². The van der Waals surface area contributed by atoms with E-state index in [9.17, 15) is 19.1 Å². The first-order valence-corrected chi connectivity index (χ1v) is 10.5. The molecule has 10 nitrogen and oxygen atoms in total. The summed E-state index contributed by atoms with van der Waals surface area (Å²) in [6.45, 7) is 0.424. The molecule has 2 saturated carbocycles. The number of rotatable bonds is 8. The molecule has 0 radical (unpaired) electrons. The maximum absolute atomic E-state index is 13.5. The average Bonchev–Trinajstić information content (AvgIpc) is 3.69. The molecule has 0 spiro atoms. The average molecular weight is 441 g/mol. The predicted molar refractivity (Wildman–Crippen MR) is 116 cm³/mol. The Morgan fingerprint density at radius 3 is 2.84 bits per heavy atom. The van der Waals surface area contributed by atoms with Gasteiger partial charge in [0.1, 0.15) is 29.1 Å². The third kappa shape index (κ3) is 3.58. The maximum Gasteiger partial charge on any atom is 0.274 e. The van der Waals surface area contributed by atoms with Crippen LogP contribution in [-0.4, -0.2) is 56.5 Å². The predicted octanol–water partition coefficient (Wildman–Crippen LogP) is 1.46. The summed E-state index contributed by atoms with van der Waals surface area (Å²) in [5.74, 6) is 0.567. The van der Waals surface area contributed by atoms with Crippen LogP contribution in [0, 0.1) is 5.41 Å². The molecular formula is C21H24FN7O3. The van der Waals surface area contributed by atoms with Crippen molar-refractivity contribution in [3.63, 3.8) is 0 Å². The van der Waals surface area contributed by atoms with Gasteiger partial charge in [-0.15, -0.1) is 0 Å². The highest BCUT2D eigenvalue weighted by Crippen LogP contribution is 2.44. The lowest BCUT2D eigenvalue weighted by atomic mass is 10.1. The molecule has 5 rings (SSSR count). The van der Waals surface area contributed by atoms with E-state index in [1.54, 1.807) is 31.4 Å². The second-order valence-electron chi connectivity index (χ2n) is 8.49. The number of carbonyl (C=O) groups is 1. The van der Waals surface area contributed by atoms with E-state index in [2.05, 4.69) is 26.0 Å². The first kappa shape index (κ1) is 20.4. The van der Waals surface area contributed by atoms with Crippen molar-refractivity contribution in [2.75, 3.05) is 30.8 Å². The number of halogens is 1. The zero-order chi connectivity index (χ0) is 22.5. The van der Waals surface area contributed by atoms with E-state index in [1.807, 2.05) is 0 Å². The van der Waals surface area contributed by atoms with Gasteiger partial charge in [0.25, 0.3) is 11.5 Å². The topological polar surface area (TPSA) is 126 Å². The molecule has 2 atom stereocenters. The summed E-state index contributed by atoms with van der Waals surface area (Å²) in [5.41, 5.74) is 0.295. The molecule has 0 bridgehead atoms. The van der Waals surface area contributed by atoms with Gasteiger partial charge in [-0.3, -0.25) is 9.59 Å². The minimum atomic E-state index is -0.998. The Kier molecular flexibility index (Phi) is 4.85. The highest BCUT2D eigenvalue weighted by Gasteiger charge is 2.42. The second kappa shape index (κ2) is 7.59. The Hall–Kier alpha value is -3.47. The van der Waals surface area contributed by atoms with Crippen LogP contribution in [-0.2, 0) is 0 Å². The SMILES string of the molecule is CNc1cc(Nc2cccn([C@@H]3C[C@H]3F)c2=O)nc2c(C(=O)NCC3(CO)CC3)cnn12. The van der Waals surface area contributed by atoms with Crippen molar-refractivity contribution in [2.45, 2.75) is 31.5 Å². The number of aliphatic hydroxyl groups is 1. The van der Waals surface area contributed by atoms with E-state index in [0.29, 0.717) is 30.2 Å². The number of amides is 1. The summed E-state index contributed by atoms with van der Waals surface area (Å²) in [4.78, 5) is 30.0. The van der Waals surface area contributed by atoms with E-state index in [4.69, 9.17) is 0 Å². The van der Waals surface area contributed by atoms with Crippen LogP contribution >= 0.6 is 0 Å². The zero-order valence-electron chi connectivity index (χ0n) is 17.5. The molecule has 2 fully saturated rings. The standard InChI is InChI=1S/C21H24FN7O3/c1-23-17-8-16(26-14-3-2-6-28(20(14)32)15-7-13(15)22)27-18-12(9-25-29(17)18)19(31)24-10-21(11-30)4-5-21/h2-3,6,8-9,13,15,23,30H,4-5,7,10-11H2,1H3,(H,24,31)(H,26,27)/t13-,15-/m1/s1. The smallest absolute Gasteiger partial charge is 0.274 e. The van der Waals surface area contributed by atoms with E-state index >= 15 is 0 Å². The first-order chi connectivity index (χ1) is 15.4. The molecule has 2 aliphatic carbocycles. The first-order valence-electron chi connectivity index (χ1n) is 10.5. The van der Waals surface area contributed by atoms with Gasteiger partial charge in [0.05, 0.1) is 18.8 Å². The number of nitrogens with one attached hydrogen (secondary N) is 3. The van der Waals surface area contributed by atoms with E-state index in [0.717, 1.165) is 12.8 Å². The highest BCUT2D eigenvalue weighted by molar-refractivity contribution is 6.00. The summed E-state index contributed by atoms with van der Waals surface area (Å²) in [7, 11) is 1.71. The van der Waals surface area contributed by atoms with E-state index in [1.165, 1.54) is 15.3 Å². The Morgan fingerprint density at radius 2 is 2.19 bits per heavy atom. The number of aromatic nitrogens is 4. The minimum Gasteiger partial charge on any atom is -0.396 e. The van der Waals surface area contributed by atoms with Gasteiger partial charge >= 0.3 is 0 Å². The van der Waals surface area contributed by atoms with Crippen molar-refractivity contribution >= 4 is 28.9 Å². The summed E-state index contributed by atoms with van der Waals surface area (Å²) in [6, 6.07) is 4.52. The van der Waals surface area contributed by atoms with Gasteiger partial charge in [-0.1, -0.05) is 0 Å². The van der Waals surface area contributed by atoms with Crippen LogP contribution in [0.5, 0.6) is 0 Å². The van der Waals surface area contributed by atoms with Gasteiger partial charge in [0.15, 0.2) is 5.65 Å². The van der Waals surface area contributed by atoms with Crippen molar-refractivity contribution in [1.82, 2.24) is 24.5 Å². The molecule has 11 heteroatoms. The van der Waals surface area contributed by atoms with Gasteiger partial charge in [0.2, 0.25) is 0 Å². The lowest BCUT2D eigenvalue weighted by molar-refractivity contribution is 0.0936. The monoisotopic (exact) mass is 441 g/mol. The largest absolute Gasteiger partial charge is 0.396 e. The zero-order valence-corrected chi connectivity index (χ0v) is 17.5. The van der Waals surface area contributed by atoms with Crippen molar-refractivity contribution < 1.29 is 14.3 Å². The number of fused-ring (bicyclic) bond motifs is 1. The summed E-state index contributed by atoms with van der Waals surface area (Å²) in [6.07, 6.45) is 4.11. The molecular weight excluding hydrogens is 417 g/mol. The second-order valence-corrected chi connectivity index (χ2v) is 8.49. The summed E-state index contributed by atoms with van der Waals surface area (Å²) < 4.78 is 16.3. The number of aliphatic hydroxyl groups excluding tert-OH is 1. The molecule has 0 aliphatic heterocycles. The van der Waals surface area contributed by atoms with Crippen LogP contribution in [0.15, 0.2) is 35.4 Å². The Labute approximate surface area is 182 Å². The van der Waals surface area contributed by atoms with Gasteiger partial charge in [-0.25, -0.2) is 9.37 Å². The number of nitrogens with zero attached hydrogens (tertiary/aromatic N) is 4. The van der Waals surface area contributed by atoms with Gasteiger partial charge in [-0.05, 0) is 25.0 Å². The fourth-order valence-corrected chi connectivity index (χ4v) is 3.74. The van der Waals surface area contributed by atoms with Crippen LogP contribution in [0.3, 0.4) is 0 Å². The van der Waals surface area contributed by atoms with Crippen LogP contribution in [0.1, 0.15) is 35.7 Å². The van der Waals surface area contributed by atoms with Crippen molar-refractivity contribution in [3.05, 3.63) is 46.5 Å². The molecule has 0 unspecified atom stereocenters. The number of hydrogen-bond donors (Lipinski definition) is 4. The Morgan fingerprint density at radius 1 is 1.41 bits per heavy atom. The normalized spacial score (nSPS) is 20.7. The Bertz CT molecular complexity index is 1250. The molecule has 168 valence electrons. The van der Waals surface area contributed by atoms with Crippen LogP contribution in [0.25, 0.3) is 5.65 Å². The fourth-order valence-electron chi connectivity index (χ4n) is 3.74. The number of hydrogen-bond acceptors (Lipinski definition) is 7. The number of pyridine rings is 1. The molecule has 0 saturated heterocycles. The third-order valence-electron chi connectivity index (χ3n) is 6.16. The fraction of sp³-hybridized carbons (Fsp3) is 0.429. The molecule has 3 aromatic heterocycles. The van der Waals surface area contributed by atoms with Gasteiger partial charge in [0, 0.05) is 37.7 Å². The summed E-state index contributed by atoms with van der Waals surface area (Å²) >= 11 is 0. The lowest BCUT2D eigenvalue weighted by Crippen LogP contribution is -2.31. The number of anilines is 3. The maximum atomic E-state index is 13.5. The highest BCUT2D eigenvalue weighted by atomic mass is 19.1. The molecule has 1 amide bonds. The van der Waals surface area contributed by atoms with Crippen LogP contribution in [0.4, 0.5) is 21.7 Å². The minimum absolute atomic E-state index is 0.0386. The third-order valence-corrected chi connectivity index (χ3v) is 6.16. The molecule has 2 aliphatic rings. The quantitative estimate of drug-likeness (QED) is 0.417. The van der Waals surface area contributed by atoms with Crippen LogP contribution in [0.2, 0.25) is 0 Å². The van der Waals surface area contributed by atoms with Gasteiger partial charge < -0.3 is 25.6 Å².